The topological polar surface area (TPSA) is 84.4 Å². The Labute approximate surface area is 148 Å². The lowest BCUT2D eigenvalue weighted by Crippen LogP contribution is -2.30. The number of alkyl halides is 1. The van der Waals surface area contributed by atoms with E-state index < -0.39 is 6.17 Å². The monoisotopic (exact) mass is 352 g/mol. The van der Waals surface area contributed by atoms with Crippen molar-refractivity contribution < 1.29 is 4.39 Å². The Morgan fingerprint density at radius 2 is 2.19 bits per heavy atom. The van der Waals surface area contributed by atoms with Crippen LogP contribution in [-0.2, 0) is 0 Å². The van der Waals surface area contributed by atoms with Crippen LogP contribution < -0.4 is 10.6 Å². The second-order valence-corrected chi connectivity index (χ2v) is 6.45. The normalized spacial score (nSPS) is 20.2. The first-order chi connectivity index (χ1) is 12.7. The molecule has 1 fully saturated rings. The summed E-state index contributed by atoms with van der Waals surface area (Å²) >= 11 is 0. The Bertz CT molecular complexity index is 1100. The molecule has 0 aromatic carbocycles. The molecule has 5 heterocycles. The van der Waals surface area contributed by atoms with Crippen LogP contribution in [-0.4, -0.2) is 54.3 Å². The summed E-state index contributed by atoms with van der Waals surface area (Å²) < 4.78 is 17.5. The van der Waals surface area contributed by atoms with Crippen LogP contribution in [0.25, 0.3) is 22.4 Å². The molecule has 0 saturated carbocycles. The Hall–Kier alpha value is -3.07. The van der Waals surface area contributed by atoms with E-state index in [4.69, 9.17) is 0 Å². The van der Waals surface area contributed by atoms with Gasteiger partial charge in [-0.2, -0.15) is 0 Å². The lowest BCUT2D eigenvalue weighted by Gasteiger charge is -2.14. The smallest absolute Gasteiger partial charge is 0.241 e. The summed E-state index contributed by atoms with van der Waals surface area (Å²) in [4.78, 5) is 13.1. The highest BCUT2D eigenvalue weighted by Gasteiger charge is 2.27. The van der Waals surface area contributed by atoms with Crippen LogP contribution in [0.15, 0.2) is 37.1 Å². The summed E-state index contributed by atoms with van der Waals surface area (Å²) in [6.07, 6.45) is 8.28. The predicted octanol–water partition coefficient (Wildman–Crippen LogP) is 1.47. The van der Waals surface area contributed by atoms with Crippen molar-refractivity contribution in [3.8, 4) is 11.1 Å². The molecule has 1 aliphatic rings. The van der Waals surface area contributed by atoms with Crippen molar-refractivity contribution in [2.24, 2.45) is 0 Å². The van der Waals surface area contributed by atoms with Crippen molar-refractivity contribution in [1.82, 2.24) is 34.3 Å². The SMILES string of the molecule is Cc1nc(N[C@@H]2CNC[C@@H]2F)nn2ccc(-c3cnc4nccn4c3)c12. The highest BCUT2D eigenvalue weighted by Crippen LogP contribution is 2.27. The van der Waals surface area contributed by atoms with Gasteiger partial charge in [0, 0.05) is 55.2 Å². The zero-order chi connectivity index (χ0) is 17.7. The van der Waals surface area contributed by atoms with Gasteiger partial charge >= 0.3 is 0 Å². The number of nitrogens with zero attached hydrogens (tertiary/aromatic N) is 6. The molecule has 5 rings (SSSR count). The van der Waals surface area contributed by atoms with E-state index in [2.05, 4.69) is 30.7 Å². The number of nitrogens with one attached hydrogen (secondary N) is 2. The fraction of sp³-hybridized carbons (Fsp3) is 0.294. The van der Waals surface area contributed by atoms with Gasteiger partial charge in [-0.1, -0.05) is 0 Å². The average Bonchev–Trinajstić information content (AvgIpc) is 3.34. The molecule has 9 heteroatoms. The molecule has 8 nitrogen and oxygen atoms in total. The number of rotatable bonds is 3. The van der Waals surface area contributed by atoms with Gasteiger partial charge in [0.2, 0.25) is 11.7 Å². The van der Waals surface area contributed by atoms with Crippen molar-refractivity contribution in [3.05, 3.63) is 42.7 Å². The summed E-state index contributed by atoms with van der Waals surface area (Å²) in [6.45, 7) is 2.85. The van der Waals surface area contributed by atoms with Crippen molar-refractivity contribution >= 4 is 17.2 Å². The molecule has 0 spiro atoms. The van der Waals surface area contributed by atoms with Gasteiger partial charge in [-0.05, 0) is 13.0 Å². The van der Waals surface area contributed by atoms with Gasteiger partial charge in [-0.3, -0.25) is 4.40 Å². The van der Waals surface area contributed by atoms with E-state index in [0.29, 0.717) is 24.8 Å². The Morgan fingerprint density at radius 1 is 1.27 bits per heavy atom. The van der Waals surface area contributed by atoms with Gasteiger partial charge in [-0.15, -0.1) is 5.10 Å². The van der Waals surface area contributed by atoms with Crippen LogP contribution in [0.4, 0.5) is 10.3 Å². The minimum Gasteiger partial charge on any atom is -0.346 e. The molecule has 2 atom stereocenters. The van der Waals surface area contributed by atoms with Crippen LogP contribution in [0.2, 0.25) is 0 Å². The second kappa shape index (κ2) is 5.73. The molecule has 0 amide bonds. The van der Waals surface area contributed by atoms with Crippen molar-refractivity contribution in [1.29, 1.82) is 0 Å². The molecule has 2 N–H and O–H groups in total. The Morgan fingerprint density at radius 3 is 3.04 bits per heavy atom. The maximum atomic E-state index is 13.8. The van der Waals surface area contributed by atoms with E-state index in [9.17, 15) is 4.39 Å². The average molecular weight is 352 g/mol. The predicted molar refractivity (Wildman–Crippen MR) is 94.9 cm³/mol. The number of aryl methyl sites for hydroxylation is 1. The number of hydrogen-bond donors (Lipinski definition) is 2. The van der Waals surface area contributed by atoms with Crippen LogP contribution >= 0.6 is 0 Å². The molecule has 132 valence electrons. The quantitative estimate of drug-likeness (QED) is 0.581. The molecule has 1 saturated heterocycles. The van der Waals surface area contributed by atoms with Gasteiger partial charge in [-0.25, -0.2) is 23.9 Å². The third kappa shape index (κ3) is 2.39. The van der Waals surface area contributed by atoms with E-state index in [1.165, 1.54) is 0 Å². The maximum absolute atomic E-state index is 13.8. The summed E-state index contributed by atoms with van der Waals surface area (Å²) in [7, 11) is 0. The molecule has 0 bridgehead atoms. The number of aromatic nitrogens is 6. The van der Waals surface area contributed by atoms with Crippen molar-refractivity contribution in [2.75, 3.05) is 18.4 Å². The van der Waals surface area contributed by atoms with Gasteiger partial charge in [0.1, 0.15) is 6.17 Å². The minimum absolute atomic E-state index is 0.310. The molecule has 0 radical (unpaired) electrons. The van der Waals surface area contributed by atoms with Crippen molar-refractivity contribution in [3.63, 3.8) is 0 Å². The van der Waals surface area contributed by atoms with E-state index in [1.807, 2.05) is 36.0 Å². The van der Waals surface area contributed by atoms with E-state index in [1.54, 1.807) is 16.9 Å². The van der Waals surface area contributed by atoms with E-state index in [-0.39, 0.29) is 6.04 Å². The summed E-state index contributed by atoms with van der Waals surface area (Å²) in [5, 5.41) is 10.6. The van der Waals surface area contributed by atoms with Crippen LogP contribution in [0.3, 0.4) is 0 Å². The Kier molecular flexibility index (Phi) is 3.35. The fourth-order valence-electron chi connectivity index (χ4n) is 3.41. The summed E-state index contributed by atoms with van der Waals surface area (Å²) in [5.74, 6) is 1.08. The third-order valence-electron chi connectivity index (χ3n) is 4.70. The first-order valence-electron chi connectivity index (χ1n) is 8.45. The standard InChI is InChI=1S/C17H17FN8/c1-10-15-12(11-6-21-17-20-3-5-25(17)9-11)2-4-26(15)24-16(22-10)23-14-8-19-7-13(14)18/h2-6,9,13-14,19H,7-8H2,1H3,(H,23,24)/t13-,14+/m0/s1. The first kappa shape index (κ1) is 15.2. The second-order valence-electron chi connectivity index (χ2n) is 6.45. The molecule has 0 unspecified atom stereocenters. The maximum Gasteiger partial charge on any atom is 0.241 e. The highest BCUT2D eigenvalue weighted by atomic mass is 19.1. The lowest BCUT2D eigenvalue weighted by atomic mass is 10.1. The number of imidazole rings is 1. The van der Waals surface area contributed by atoms with Crippen LogP contribution in [0.1, 0.15) is 5.69 Å². The number of hydrogen-bond acceptors (Lipinski definition) is 6. The van der Waals surface area contributed by atoms with E-state index >= 15 is 0 Å². The minimum atomic E-state index is -0.942. The summed E-state index contributed by atoms with van der Waals surface area (Å²) in [6, 6.07) is 1.67. The third-order valence-corrected chi connectivity index (χ3v) is 4.70. The van der Waals surface area contributed by atoms with Crippen LogP contribution in [0, 0.1) is 6.92 Å². The first-order valence-corrected chi connectivity index (χ1v) is 8.45. The Balaban J connectivity index is 1.55. The zero-order valence-corrected chi connectivity index (χ0v) is 14.1. The molecule has 26 heavy (non-hydrogen) atoms. The van der Waals surface area contributed by atoms with Gasteiger partial charge in [0.05, 0.1) is 17.3 Å². The zero-order valence-electron chi connectivity index (χ0n) is 14.1. The van der Waals surface area contributed by atoms with Crippen LogP contribution in [0.5, 0.6) is 0 Å². The largest absolute Gasteiger partial charge is 0.346 e. The number of anilines is 1. The fourth-order valence-corrected chi connectivity index (χ4v) is 3.41. The highest BCUT2D eigenvalue weighted by molar-refractivity contribution is 5.82. The number of fused-ring (bicyclic) bond motifs is 2. The van der Waals surface area contributed by atoms with Crippen molar-refractivity contribution in [2.45, 2.75) is 19.1 Å². The van der Waals surface area contributed by atoms with Gasteiger partial charge in [0.25, 0.3) is 0 Å². The summed E-state index contributed by atoms with van der Waals surface area (Å²) in [5.41, 5.74) is 3.66. The number of halogens is 1. The molecular weight excluding hydrogens is 335 g/mol. The van der Waals surface area contributed by atoms with E-state index in [0.717, 1.165) is 22.3 Å². The molecule has 1 aliphatic heterocycles. The van der Waals surface area contributed by atoms with Gasteiger partial charge < -0.3 is 10.6 Å². The molecular formula is C17H17FN8. The van der Waals surface area contributed by atoms with Gasteiger partial charge in [0.15, 0.2) is 0 Å². The molecule has 4 aromatic heterocycles. The molecule has 4 aromatic rings. The lowest BCUT2D eigenvalue weighted by molar-refractivity contribution is 0.341. The molecule has 0 aliphatic carbocycles.